The molecule has 0 saturated heterocycles. The van der Waals surface area contributed by atoms with Gasteiger partial charge in [0, 0.05) is 0 Å². The van der Waals surface area contributed by atoms with E-state index >= 15 is 0 Å². The lowest BCUT2D eigenvalue weighted by molar-refractivity contribution is 0.460. The first-order valence-electron chi connectivity index (χ1n) is 9.22. The van der Waals surface area contributed by atoms with Crippen LogP contribution in [0.3, 0.4) is 0 Å². The second kappa shape index (κ2) is 8.82. The molecule has 0 spiro atoms. The van der Waals surface area contributed by atoms with E-state index in [0.717, 1.165) is 0 Å². The highest BCUT2D eigenvalue weighted by Crippen LogP contribution is 2.61. The zero-order valence-electron chi connectivity index (χ0n) is 12.8. The minimum Gasteiger partial charge on any atom is -0.0971 e. The average Bonchev–Trinajstić information content (AvgIpc) is 2.51. The summed E-state index contributed by atoms with van der Waals surface area (Å²) in [6, 6.07) is 0. The Hall–Kier alpha value is 0.495. The van der Waals surface area contributed by atoms with Gasteiger partial charge >= 0.3 is 0 Å². The van der Waals surface area contributed by atoms with Crippen molar-refractivity contribution in [1.29, 1.82) is 0 Å². The molecule has 116 valence electrons. The molecule has 3 rings (SSSR count). The van der Waals surface area contributed by atoms with Gasteiger partial charge in [-0.05, 0) is 55.5 Å². The van der Waals surface area contributed by atoms with Crippen LogP contribution in [0.5, 0.6) is 0 Å². The van der Waals surface area contributed by atoms with Gasteiger partial charge in [0.25, 0.3) is 0 Å². The highest BCUT2D eigenvalue weighted by atomic mass is 31.1. The van der Waals surface area contributed by atoms with Gasteiger partial charge in [0.2, 0.25) is 0 Å². The van der Waals surface area contributed by atoms with E-state index in [2.05, 4.69) is 0 Å². The Kier molecular flexibility index (Phi) is 7.44. The minimum absolute atomic E-state index is 0. The summed E-state index contributed by atoms with van der Waals surface area (Å²) in [5, 5.41) is 0. The molecule has 3 fully saturated rings. The van der Waals surface area contributed by atoms with Gasteiger partial charge < -0.3 is 0 Å². The summed E-state index contributed by atoms with van der Waals surface area (Å²) in [5.74, 6) is 0. The van der Waals surface area contributed by atoms with Crippen LogP contribution in [0.1, 0.15) is 96.3 Å². The van der Waals surface area contributed by atoms with Crippen molar-refractivity contribution in [3.05, 3.63) is 0 Å². The van der Waals surface area contributed by atoms with E-state index < -0.39 is 0 Å². The van der Waals surface area contributed by atoms with Crippen molar-refractivity contribution < 1.29 is 0 Å². The number of rotatable bonds is 3. The topological polar surface area (TPSA) is 0 Å². The fraction of sp³-hybridized carbons (Fsp3) is 1.00. The molecular weight excluding hydrogens is 258 g/mol. The van der Waals surface area contributed by atoms with Crippen molar-refractivity contribution in [3.8, 4) is 0 Å². The lowest BCUT2D eigenvalue weighted by atomic mass is 9.99. The van der Waals surface area contributed by atoms with Gasteiger partial charge in [0.1, 0.15) is 0 Å². The molecule has 0 aromatic heterocycles. The van der Waals surface area contributed by atoms with Crippen molar-refractivity contribution >= 4 is 16.3 Å². The van der Waals surface area contributed by atoms with Crippen LogP contribution in [0.2, 0.25) is 0 Å². The van der Waals surface area contributed by atoms with E-state index in [4.69, 9.17) is 0 Å². The molecule has 2 heteroatoms. The molecule has 0 unspecified atom stereocenters. The Labute approximate surface area is 130 Å². The van der Waals surface area contributed by atoms with Crippen LogP contribution in [0.4, 0.5) is 0 Å². The van der Waals surface area contributed by atoms with Gasteiger partial charge in [0.05, 0.1) is 8.41 Å². The van der Waals surface area contributed by atoms with Crippen molar-refractivity contribution in [2.45, 2.75) is 113 Å². The fourth-order valence-corrected chi connectivity index (χ4v) is 9.71. The standard InChI is InChI=1S/C18H33P.BH3/c1-4-10-16(11-5-1)19(17-12-6-2-7-13-17)18-14-8-3-9-15-18;/h16-18H,1-15H2;1H3. The number of hydrogen-bond acceptors (Lipinski definition) is 0. The maximum absolute atomic E-state index is 1.61. The quantitative estimate of drug-likeness (QED) is 0.490. The van der Waals surface area contributed by atoms with Gasteiger partial charge in [-0.2, -0.15) is 0 Å². The highest BCUT2D eigenvalue weighted by Gasteiger charge is 2.36. The first-order valence-corrected chi connectivity index (χ1v) is 10.8. The monoisotopic (exact) mass is 294 g/mol. The molecule has 3 saturated carbocycles. The lowest BCUT2D eigenvalue weighted by Gasteiger charge is -2.44. The van der Waals surface area contributed by atoms with Gasteiger partial charge in [-0.1, -0.05) is 65.7 Å². The zero-order chi connectivity index (χ0) is 12.9. The largest absolute Gasteiger partial charge is 0.0971 e. The molecule has 3 aliphatic carbocycles. The van der Waals surface area contributed by atoms with Gasteiger partial charge in [0.15, 0.2) is 0 Å². The van der Waals surface area contributed by atoms with Crippen molar-refractivity contribution in [2.75, 3.05) is 0 Å². The maximum atomic E-state index is 1.61. The Bertz CT molecular complexity index is 207. The van der Waals surface area contributed by atoms with Crippen LogP contribution in [-0.4, -0.2) is 25.4 Å². The predicted molar refractivity (Wildman–Crippen MR) is 97.5 cm³/mol. The smallest absolute Gasteiger partial charge is 0.0814 e. The number of hydrogen-bond donors (Lipinski definition) is 0. The molecule has 0 nitrogen and oxygen atoms in total. The van der Waals surface area contributed by atoms with Crippen LogP contribution >= 0.6 is 7.92 Å². The molecule has 0 heterocycles. The Morgan fingerprint density at radius 1 is 0.400 bits per heavy atom. The molecule has 0 aromatic carbocycles. The predicted octanol–water partition coefficient (Wildman–Crippen LogP) is 5.28. The normalized spacial score (nSPS) is 27.4. The highest BCUT2D eigenvalue weighted by molar-refractivity contribution is 7.59. The van der Waals surface area contributed by atoms with Gasteiger partial charge in [-0.3, -0.25) is 0 Å². The van der Waals surface area contributed by atoms with Crippen LogP contribution in [-0.2, 0) is 0 Å². The lowest BCUT2D eigenvalue weighted by Crippen LogP contribution is -2.28. The van der Waals surface area contributed by atoms with E-state index in [1.165, 1.54) is 36.2 Å². The molecule has 0 bridgehead atoms. The second-order valence-electron chi connectivity index (χ2n) is 7.32. The van der Waals surface area contributed by atoms with E-state index in [0.29, 0.717) is 7.92 Å². The summed E-state index contributed by atoms with van der Waals surface area (Å²) in [5.41, 5.74) is 3.57. The molecule has 0 amide bonds. The Morgan fingerprint density at radius 2 is 0.650 bits per heavy atom. The Morgan fingerprint density at radius 3 is 0.900 bits per heavy atom. The van der Waals surface area contributed by atoms with Crippen LogP contribution in [0, 0.1) is 0 Å². The van der Waals surface area contributed by atoms with Crippen molar-refractivity contribution in [2.24, 2.45) is 0 Å². The first-order chi connectivity index (χ1) is 9.45. The third-order valence-electron chi connectivity index (χ3n) is 5.99. The Balaban J connectivity index is 0.00000147. The van der Waals surface area contributed by atoms with Gasteiger partial charge in [-0.15, -0.1) is 0 Å². The fourth-order valence-electron chi connectivity index (χ4n) is 5.03. The molecule has 0 aromatic rings. The van der Waals surface area contributed by atoms with E-state index in [1.807, 2.05) is 0 Å². The zero-order valence-corrected chi connectivity index (χ0v) is 13.7. The molecular formula is C18H36BP. The summed E-state index contributed by atoms with van der Waals surface area (Å²) in [6.07, 6.45) is 23.6. The van der Waals surface area contributed by atoms with Crippen LogP contribution < -0.4 is 0 Å². The van der Waals surface area contributed by atoms with Crippen molar-refractivity contribution in [3.63, 3.8) is 0 Å². The first kappa shape index (κ1) is 16.9. The SMILES string of the molecule is B.C1CCC(P(C2CCCCC2)C2CCCCC2)CC1. The van der Waals surface area contributed by atoms with Crippen LogP contribution in [0.15, 0.2) is 0 Å². The van der Waals surface area contributed by atoms with E-state index in [1.54, 1.807) is 77.0 Å². The summed E-state index contributed by atoms with van der Waals surface area (Å²) in [6.45, 7) is 0. The molecule has 0 aliphatic heterocycles. The third kappa shape index (κ3) is 4.25. The summed E-state index contributed by atoms with van der Waals surface area (Å²) in [4.78, 5) is 0. The summed E-state index contributed by atoms with van der Waals surface area (Å²) < 4.78 is 0. The molecule has 20 heavy (non-hydrogen) atoms. The minimum atomic E-state index is 0. The molecule has 3 aliphatic rings. The van der Waals surface area contributed by atoms with Crippen LogP contribution in [0.25, 0.3) is 0 Å². The van der Waals surface area contributed by atoms with Crippen molar-refractivity contribution in [1.82, 2.24) is 0 Å². The average molecular weight is 294 g/mol. The molecule has 0 radical (unpaired) electrons. The molecule has 0 N–H and O–H groups in total. The summed E-state index contributed by atoms with van der Waals surface area (Å²) in [7, 11) is 0.385. The van der Waals surface area contributed by atoms with E-state index in [-0.39, 0.29) is 8.41 Å². The van der Waals surface area contributed by atoms with E-state index in [9.17, 15) is 0 Å². The second-order valence-corrected chi connectivity index (χ2v) is 10.4. The maximum Gasteiger partial charge on any atom is 0.0814 e. The van der Waals surface area contributed by atoms with Gasteiger partial charge in [-0.25, -0.2) is 0 Å². The summed E-state index contributed by atoms with van der Waals surface area (Å²) >= 11 is 0. The molecule has 0 atom stereocenters. The third-order valence-corrected chi connectivity index (χ3v) is 10.1.